The molecule has 0 spiro atoms. The van der Waals surface area contributed by atoms with Crippen LogP contribution in [-0.4, -0.2) is 40.0 Å². The third-order valence-electron chi connectivity index (χ3n) is 3.98. The average Bonchev–Trinajstić information content (AvgIpc) is 3.10. The van der Waals surface area contributed by atoms with Crippen LogP contribution >= 0.6 is 0 Å². The summed E-state index contributed by atoms with van der Waals surface area (Å²) in [5, 5.41) is 15.4. The Morgan fingerprint density at radius 2 is 2.16 bits per heavy atom. The molecule has 1 aromatic heterocycles. The van der Waals surface area contributed by atoms with Gasteiger partial charge in [0.2, 0.25) is 5.91 Å². The van der Waals surface area contributed by atoms with Crippen LogP contribution in [0.5, 0.6) is 0 Å². The van der Waals surface area contributed by atoms with Gasteiger partial charge in [0.1, 0.15) is 5.69 Å². The Morgan fingerprint density at radius 3 is 2.88 bits per heavy atom. The zero-order valence-electron chi connectivity index (χ0n) is 13.9. The van der Waals surface area contributed by atoms with Gasteiger partial charge in [0.25, 0.3) is 0 Å². The number of carbonyl (C=O) groups excluding carboxylic acids is 1. The molecule has 0 aliphatic carbocycles. The molecule has 8 heteroatoms. The van der Waals surface area contributed by atoms with E-state index in [1.165, 1.54) is 15.8 Å². The lowest BCUT2D eigenvalue weighted by Gasteiger charge is -2.15. The van der Waals surface area contributed by atoms with Gasteiger partial charge in [-0.15, -0.1) is 0 Å². The highest BCUT2D eigenvalue weighted by atomic mass is 16.5. The van der Waals surface area contributed by atoms with E-state index in [0.717, 1.165) is 5.56 Å². The monoisotopic (exact) mass is 344 g/mol. The first-order chi connectivity index (χ1) is 12.0. The Morgan fingerprint density at radius 1 is 1.40 bits per heavy atom. The van der Waals surface area contributed by atoms with E-state index < -0.39 is 6.09 Å². The normalized spacial score (nSPS) is 17.1. The summed E-state index contributed by atoms with van der Waals surface area (Å²) in [6.45, 7) is 1.42. The van der Waals surface area contributed by atoms with E-state index in [0.29, 0.717) is 37.7 Å². The number of nitrogens with zero attached hydrogens (tertiary/aromatic N) is 3. The summed E-state index contributed by atoms with van der Waals surface area (Å²) in [5.74, 6) is 0.303. The van der Waals surface area contributed by atoms with Gasteiger partial charge < -0.3 is 9.84 Å². The number of carboxylic acid groups (broad SMARTS) is 1. The van der Waals surface area contributed by atoms with E-state index in [9.17, 15) is 9.59 Å². The van der Waals surface area contributed by atoms with Gasteiger partial charge >= 0.3 is 6.09 Å². The molecule has 1 aliphatic rings. The molecule has 132 valence electrons. The lowest BCUT2D eigenvalue weighted by atomic mass is 10.1. The van der Waals surface area contributed by atoms with Crippen molar-refractivity contribution in [3.63, 3.8) is 0 Å². The van der Waals surface area contributed by atoms with Crippen LogP contribution in [0.1, 0.15) is 12.0 Å². The highest BCUT2D eigenvalue weighted by Crippen LogP contribution is 2.30. The standard InChI is InChI=1S/C17H20N4O4/c1-20-9-14(18-17(23)24)16(19-20)21-8-13(7-15(21)22)11-25-10-12-5-3-2-4-6-12/h2-6,9,13,18H,7-8,10-11H2,1H3,(H,23,24). The van der Waals surface area contributed by atoms with Crippen molar-refractivity contribution in [3.8, 4) is 0 Å². The van der Waals surface area contributed by atoms with E-state index in [4.69, 9.17) is 9.84 Å². The molecule has 2 aromatic rings. The summed E-state index contributed by atoms with van der Waals surface area (Å²) in [6, 6.07) is 9.84. The molecule has 25 heavy (non-hydrogen) atoms. The zero-order valence-corrected chi connectivity index (χ0v) is 13.9. The number of ether oxygens (including phenoxy) is 1. The maximum atomic E-state index is 12.3. The van der Waals surface area contributed by atoms with Crippen LogP contribution in [0, 0.1) is 5.92 Å². The minimum absolute atomic E-state index is 0.0518. The average molecular weight is 344 g/mol. The van der Waals surface area contributed by atoms with Crippen molar-refractivity contribution in [1.29, 1.82) is 0 Å². The third-order valence-corrected chi connectivity index (χ3v) is 3.98. The van der Waals surface area contributed by atoms with Crippen LogP contribution in [0.25, 0.3) is 0 Å². The number of anilines is 2. The fourth-order valence-corrected chi connectivity index (χ4v) is 2.90. The molecule has 1 aliphatic heterocycles. The van der Waals surface area contributed by atoms with E-state index in [1.807, 2.05) is 30.3 Å². The van der Waals surface area contributed by atoms with Crippen molar-refractivity contribution in [3.05, 3.63) is 42.1 Å². The number of hydrogen-bond acceptors (Lipinski definition) is 4. The van der Waals surface area contributed by atoms with E-state index >= 15 is 0 Å². The Labute approximate surface area is 145 Å². The molecule has 8 nitrogen and oxygen atoms in total. The van der Waals surface area contributed by atoms with E-state index in [2.05, 4.69) is 10.4 Å². The summed E-state index contributed by atoms with van der Waals surface area (Å²) in [6.07, 6.45) is 0.706. The van der Waals surface area contributed by atoms with Crippen LogP contribution in [0.3, 0.4) is 0 Å². The van der Waals surface area contributed by atoms with Crippen molar-refractivity contribution < 1.29 is 19.4 Å². The van der Waals surface area contributed by atoms with Crippen LogP contribution in [0.15, 0.2) is 36.5 Å². The number of hydrogen-bond donors (Lipinski definition) is 2. The van der Waals surface area contributed by atoms with Crippen molar-refractivity contribution >= 4 is 23.5 Å². The molecule has 3 rings (SSSR count). The Kier molecular flexibility index (Phi) is 4.99. The molecule has 1 fully saturated rings. The quantitative estimate of drug-likeness (QED) is 0.836. The zero-order chi connectivity index (χ0) is 17.8. The fraction of sp³-hybridized carbons (Fsp3) is 0.353. The molecular weight excluding hydrogens is 324 g/mol. The highest BCUT2D eigenvalue weighted by Gasteiger charge is 2.33. The first kappa shape index (κ1) is 17.0. The summed E-state index contributed by atoms with van der Waals surface area (Å²) in [7, 11) is 1.68. The minimum atomic E-state index is -1.19. The molecule has 1 aromatic carbocycles. The van der Waals surface area contributed by atoms with Gasteiger partial charge in [0.05, 0.1) is 19.4 Å². The van der Waals surface area contributed by atoms with Crippen molar-refractivity contribution in [1.82, 2.24) is 9.78 Å². The fourth-order valence-electron chi connectivity index (χ4n) is 2.90. The molecule has 1 atom stereocenters. The maximum absolute atomic E-state index is 12.3. The van der Waals surface area contributed by atoms with Gasteiger partial charge in [0, 0.05) is 25.9 Å². The molecule has 0 radical (unpaired) electrons. The Bertz CT molecular complexity index is 759. The van der Waals surface area contributed by atoms with Gasteiger partial charge in [-0.3, -0.25) is 19.7 Å². The maximum Gasteiger partial charge on any atom is 0.409 e. The molecule has 2 N–H and O–H groups in total. The second-order valence-electron chi connectivity index (χ2n) is 6.05. The van der Waals surface area contributed by atoms with E-state index in [-0.39, 0.29) is 11.8 Å². The second kappa shape index (κ2) is 7.35. The number of carbonyl (C=O) groups is 2. The Hall–Kier alpha value is -2.87. The number of benzene rings is 1. The van der Waals surface area contributed by atoms with Crippen LogP contribution in [-0.2, 0) is 23.2 Å². The first-order valence-electron chi connectivity index (χ1n) is 7.98. The second-order valence-corrected chi connectivity index (χ2v) is 6.05. The summed E-state index contributed by atoms with van der Waals surface area (Å²) >= 11 is 0. The van der Waals surface area contributed by atoms with Gasteiger partial charge in [-0.25, -0.2) is 4.79 Å². The number of amides is 2. The molecule has 0 saturated carbocycles. The van der Waals surface area contributed by atoms with E-state index in [1.54, 1.807) is 7.05 Å². The largest absolute Gasteiger partial charge is 0.465 e. The smallest absolute Gasteiger partial charge is 0.409 e. The Balaban J connectivity index is 1.60. The van der Waals surface area contributed by atoms with Crippen molar-refractivity contribution in [2.24, 2.45) is 13.0 Å². The topological polar surface area (TPSA) is 96.7 Å². The number of rotatable bonds is 6. The molecule has 1 unspecified atom stereocenters. The van der Waals surface area contributed by atoms with Crippen molar-refractivity contribution in [2.45, 2.75) is 13.0 Å². The summed E-state index contributed by atoms with van der Waals surface area (Å²) in [5.41, 5.74) is 1.38. The van der Waals surface area contributed by atoms with Crippen LogP contribution in [0.4, 0.5) is 16.3 Å². The van der Waals surface area contributed by atoms with Gasteiger partial charge in [-0.2, -0.15) is 5.10 Å². The molecule has 2 amide bonds. The van der Waals surface area contributed by atoms with Crippen molar-refractivity contribution in [2.75, 3.05) is 23.4 Å². The number of aryl methyl sites for hydroxylation is 1. The SMILES string of the molecule is Cn1cc(NC(=O)O)c(N2CC(COCc3ccccc3)CC2=O)n1. The molecule has 1 saturated heterocycles. The molecular formula is C17H20N4O4. The number of nitrogens with one attached hydrogen (secondary N) is 1. The summed E-state index contributed by atoms with van der Waals surface area (Å²) in [4.78, 5) is 24.7. The predicted octanol–water partition coefficient (Wildman–Crippen LogP) is 2.08. The third kappa shape index (κ3) is 4.16. The van der Waals surface area contributed by atoms with Gasteiger partial charge in [0.15, 0.2) is 5.82 Å². The van der Waals surface area contributed by atoms with Gasteiger partial charge in [-0.1, -0.05) is 30.3 Å². The lowest BCUT2D eigenvalue weighted by molar-refractivity contribution is -0.117. The predicted molar refractivity (Wildman–Crippen MR) is 91.4 cm³/mol. The lowest BCUT2D eigenvalue weighted by Crippen LogP contribution is -2.27. The summed E-state index contributed by atoms with van der Waals surface area (Å²) < 4.78 is 7.20. The minimum Gasteiger partial charge on any atom is -0.465 e. The van der Waals surface area contributed by atoms with Crippen LogP contribution < -0.4 is 10.2 Å². The molecule has 2 heterocycles. The highest BCUT2D eigenvalue weighted by molar-refractivity contribution is 5.99. The molecule has 0 bridgehead atoms. The first-order valence-corrected chi connectivity index (χ1v) is 7.98. The van der Waals surface area contributed by atoms with Gasteiger partial charge in [-0.05, 0) is 5.56 Å². The number of aromatic nitrogens is 2. The van der Waals surface area contributed by atoms with Crippen LogP contribution in [0.2, 0.25) is 0 Å².